The third kappa shape index (κ3) is 3.90. The Hall–Kier alpha value is -1.18. The van der Waals surface area contributed by atoms with Gasteiger partial charge in [-0.25, -0.2) is 8.42 Å². The lowest BCUT2D eigenvalue weighted by Crippen LogP contribution is -2.28. The molecule has 132 valence electrons. The molecule has 1 aromatic carbocycles. The molecule has 0 aliphatic rings. The van der Waals surface area contributed by atoms with E-state index in [1.165, 1.54) is 4.31 Å². The smallest absolute Gasteiger partial charge is 0.243 e. The van der Waals surface area contributed by atoms with Gasteiger partial charge in [-0.3, -0.25) is 4.68 Å². The zero-order valence-corrected chi connectivity index (χ0v) is 16.9. The molecular formula is C17H24BrN3O2S. The lowest BCUT2D eigenvalue weighted by atomic mass is 9.99. The Morgan fingerprint density at radius 2 is 1.88 bits per heavy atom. The first-order valence-corrected chi connectivity index (χ1v) is 10.3. The van der Waals surface area contributed by atoms with Crippen LogP contribution in [0.5, 0.6) is 0 Å². The van der Waals surface area contributed by atoms with Gasteiger partial charge in [0.2, 0.25) is 10.0 Å². The maximum absolute atomic E-state index is 12.8. The van der Waals surface area contributed by atoms with Crippen LogP contribution in [0.15, 0.2) is 39.8 Å². The van der Waals surface area contributed by atoms with Crippen molar-refractivity contribution in [2.45, 2.75) is 51.1 Å². The Kier molecular flexibility index (Phi) is 6.22. The summed E-state index contributed by atoms with van der Waals surface area (Å²) in [7, 11) is -1.94. The highest BCUT2D eigenvalue weighted by Crippen LogP contribution is 2.24. The Morgan fingerprint density at radius 3 is 2.42 bits per heavy atom. The first-order chi connectivity index (χ1) is 11.3. The van der Waals surface area contributed by atoms with Crippen molar-refractivity contribution in [1.29, 1.82) is 0 Å². The van der Waals surface area contributed by atoms with Crippen LogP contribution in [0.1, 0.15) is 44.4 Å². The average molecular weight is 414 g/mol. The molecule has 24 heavy (non-hydrogen) atoms. The van der Waals surface area contributed by atoms with Crippen molar-refractivity contribution in [3.05, 3.63) is 46.2 Å². The van der Waals surface area contributed by atoms with Gasteiger partial charge in [0, 0.05) is 13.6 Å². The summed E-state index contributed by atoms with van der Waals surface area (Å²) in [5, 5.41) is 4.23. The van der Waals surface area contributed by atoms with Crippen molar-refractivity contribution in [3.63, 3.8) is 0 Å². The van der Waals surface area contributed by atoms with Crippen molar-refractivity contribution in [2.24, 2.45) is 0 Å². The number of sulfonamides is 1. The van der Waals surface area contributed by atoms with Gasteiger partial charge in [0.1, 0.15) is 0 Å². The number of rotatable bonds is 7. The van der Waals surface area contributed by atoms with Crippen molar-refractivity contribution >= 4 is 26.0 Å². The number of hydrogen-bond acceptors (Lipinski definition) is 3. The van der Waals surface area contributed by atoms with Crippen LogP contribution in [0.2, 0.25) is 0 Å². The van der Waals surface area contributed by atoms with Gasteiger partial charge in [-0.1, -0.05) is 26.0 Å². The maximum Gasteiger partial charge on any atom is 0.243 e. The van der Waals surface area contributed by atoms with Crippen molar-refractivity contribution in [1.82, 2.24) is 14.1 Å². The molecule has 5 nitrogen and oxygen atoms in total. The minimum Gasteiger partial charge on any atom is -0.267 e. The van der Waals surface area contributed by atoms with Crippen LogP contribution in [0.25, 0.3) is 0 Å². The van der Waals surface area contributed by atoms with Crippen molar-refractivity contribution in [2.75, 3.05) is 7.05 Å². The van der Waals surface area contributed by atoms with E-state index >= 15 is 0 Å². The lowest BCUT2D eigenvalue weighted by molar-refractivity contribution is 0.446. The molecule has 0 radical (unpaired) electrons. The van der Waals surface area contributed by atoms with Crippen LogP contribution in [-0.2, 0) is 23.1 Å². The molecule has 7 heteroatoms. The van der Waals surface area contributed by atoms with Crippen LogP contribution in [0.4, 0.5) is 0 Å². The van der Waals surface area contributed by atoms with Crippen LogP contribution in [-0.4, -0.2) is 29.6 Å². The summed E-state index contributed by atoms with van der Waals surface area (Å²) in [5.74, 6) is 0.425. The average Bonchev–Trinajstić information content (AvgIpc) is 2.94. The van der Waals surface area contributed by atoms with Crippen molar-refractivity contribution < 1.29 is 8.42 Å². The van der Waals surface area contributed by atoms with Gasteiger partial charge in [0.25, 0.3) is 0 Å². The van der Waals surface area contributed by atoms with E-state index in [0.717, 1.165) is 22.2 Å². The number of benzene rings is 1. The zero-order chi connectivity index (χ0) is 17.9. The van der Waals surface area contributed by atoms with E-state index in [9.17, 15) is 8.42 Å². The van der Waals surface area contributed by atoms with Gasteiger partial charge in [-0.2, -0.15) is 9.40 Å². The SMILES string of the molecule is CC[C@@H](C)c1ccc(S(=O)(=O)N(C)Cc2c(Br)cnn2CC)cc1. The second kappa shape index (κ2) is 7.80. The third-order valence-corrected chi connectivity index (χ3v) is 6.82. The van der Waals surface area contributed by atoms with Crippen molar-refractivity contribution in [3.8, 4) is 0 Å². The molecule has 0 aliphatic carbocycles. The Balaban J connectivity index is 2.24. The largest absolute Gasteiger partial charge is 0.267 e. The van der Waals surface area contributed by atoms with Gasteiger partial charge >= 0.3 is 0 Å². The second-order valence-corrected chi connectivity index (χ2v) is 8.79. The van der Waals surface area contributed by atoms with Crippen LogP contribution >= 0.6 is 15.9 Å². The number of halogens is 1. The van der Waals surface area contributed by atoms with Gasteiger partial charge in [-0.05, 0) is 52.9 Å². The second-order valence-electron chi connectivity index (χ2n) is 5.89. The maximum atomic E-state index is 12.8. The van der Waals surface area contributed by atoms with Gasteiger partial charge < -0.3 is 0 Å². The Bertz CT molecular complexity index is 785. The summed E-state index contributed by atoms with van der Waals surface area (Å²) < 4.78 is 29.6. The van der Waals surface area contributed by atoms with E-state index in [4.69, 9.17) is 0 Å². The standard InChI is InChI=1S/C17H24BrN3O2S/c1-5-13(3)14-7-9-15(10-8-14)24(22,23)20(4)12-17-16(18)11-19-21(17)6-2/h7-11,13H,5-6,12H2,1-4H3/t13-/m1/s1. The van der Waals surface area contributed by atoms with Crippen LogP contribution in [0, 0.1) is 0 Å². The van der Waals surface area contributed by atoms with Gasteiger partial charge in [-0.15, -0.1) is 0 Å². The Morgan fingerprint density at radius 1 is 1.25 bits per heavy atom. The summed E-state index contributed by atoms with van der Waals surface area (Å²) in [6.07, 6.45) is 2.72. The number of aryl methyl sites for hydroxylation is 1. The predicted molar refractivity (Wildman–Crippen MR) is 99.4 cm³/mol. The normalized spacial score (nSPS) is 13.4. The van der Waals surface area contributed by atoms with E-state index in [0.29, 0.717) is 17.4 Å². The zero-order valence-electron chi connectivity index (χ0n) is 14.5. The number of aromatic nitrogens is 2. The summed E-state index contributed by atoms with van der Waals surface area (Å²) >= 11 is 3.44. The highest BCUT2D eigenvalue weighted by molar-refractivity contribution is 9.10. The lowest BCUT2D eigenvalue weighted by Gasteiger charge is -2.19. The number of nitrogens with zero attached hydrogens (tertiary/aromatic N) is 3. The fourth-order valence-corrected chi connectivity index (χ4v) is 4.05. The highest BCUT2D eigenvalue weighted by Gasteiger charge is 2.23. The molecule has 2 aromatic rings. The molecule has 1 heterocycles. The fraction of sp³-hybridized carbons (Fsp3) is 0.471. The summed E-state index contributed by atoms with van der Waals surface area (Å²) in [4.78, 5) is 0.315. The van der Waals surface area contributed by atoms with E-state index < -0.39 is 10.0 Å². The quantitative estimate of drug-likeness (QED) is 0.688. The minimum atomic E-state index is -3.53. The molecule has 0 saturated heterocycles. The fourth-order valence-electron chi connectivity index (χ4n) is 2.50. The van der Waals surface area contributed by atoms with E-state index in [-0.39, 0.29) is 6.54 Å². The molecule has 0 aliphatic heterocycles. The van der Waals surface area contributed by atoms with Crippen LogP contribution < -0.4 is 0 Å². The monoisotopic (exact) mass is 413 g/mol. The molecule has 0 amide bonds. The Labute approximate surface area is 152 Å². The molecule has 1 atom stereocenters. The predicted octanol–water partition coefficient (Wildman–Crippen LogP) is 4.00. The molecular weight excluding hydrogens is 390 g/mol. The van der Waals surface area contributed by atoms with Crippen LogP contribution in [0.3, 0.4) is 0 Å². The summed E-state index contributed by atoms with van der Waals surface area (Å²) in [6, 6.07) is 7.20. The summed E-state index contributed by atoms with van der Waals surface area (Å²) in [6.45, 7) is 7.20. The molecule has 1 aromatic heterocycles. The van der Waals surface area contributed by atoms with E-state index in [2.05, 4.69) is 34.9 Å². The first-order valence-electron chi connectivity index (χ1n) is 8.07. The van der Waals surface area contributed by atoms with E-state index in [1.807, 2.05) is 19.1 Å². The molecule has 0 saturated carbocycles. The third-order valence-electron chi connectivity index (χ3n) is 4.34. The molecule has 0 spiro atoms. The molecule has 0 unspecified atom stereocenters. The number of hydrogen-bond donors (Lipinski definition) is 0. The van der Waals surface area contributed by atoms with Gasteiger partial charge in [0.05, 0.1) is 27.8 Å². The topological polar surface area (TPSA) is 55.2 Å². The van der Waals surface area contributed by atoms with E-state index in [1.54, 1.807) is 30.1 Å². The first kappa shape index (κ1) is 19.1. The minimum absolute atomic E-state index is 0.268. The summed E-state index contributed by atoms with van der Waals surface area (Å²) in [5.41, 5.74) is 2.01. The highest BCUT2D eigenvalue weighted by atomic mass is 79.9. The molecule has 0 N–H and O–H groups in total. The molecule has 0 bridgehead atoms. The molecule has 2 rings (SSSR count). The molecule has 0 fully saturated rings. The van der Waals surface area contributed by atoms with Gasteiger partial charge in [0.15, 0.2) is 0 Å².